The number of anilines is 1. The smallest absolute Gasteiger partial charge is 0.391 e. The number of unbranched alkanes of at least 4 members (excludes halogenated alkanes) is 4. The molecule has 1 aromatic heterocycles. The van der Waals surface area contributed by atoms with Crippen LogP contribution < -0.4 is 26.2 Å². The number of carbonyl (C=O) groups excluding carboxylic acids is 7. The molecule has 0 saturated carbocycles. The number of aliphatic imine (C=N–C) groups is 1. The maximum Gasteiger partial charge on any atom is 0.399 e. The topological polar surface area (TPSA) is 267 Å². The average Bonchev–Trinajstić information content (AvgIpc) is 2.73. The Labute approximate surface area is 507 Å². The Morgan fingerprint density at radius 3 is 2.09 bits per heavy atom. The molecule has 4 aromatic rings. The predicted molar refractivity (Wildman–Crippen MR) is 327 cm³/mol. The molecular formula is C61H78BrF2N8O11PS. The average molecular weight is 1280 g/mol. The second kappa shape index (κ2) is 28.1. The number of hydrogen-bond donors (Lipinski definition) is 7. The summed E-state index contributed by atoms with van der Waals surface area (Å²) in [5.41, 5.74) is -2.32. The molecule has 5 atom stereocenters. The number of β-amino-alcohol motifs (C(OH)–C–C–N with tert-alkyl or cyclic N) is 1. The molecular weight excluding hydrogens is 1200 g/mol. The van der Waals surface area contributed by atoms with Gasteiger partial charge in [-0.3, -0.25) is 43.1 Å². The fourth-order valence-electron chi connectivity index (χ4n) is 10.8. The van der Waals surface area contributed by atoms with E-state index in [4.69, 9.17) is 0 Å². The van der Waals surface area contributed by atoms with E-state index in [-0.39, 0.29) is 73.4 Å². The second-order valence-corrected chi connectivity index (χ2v) is 27.9. The Balaban J connectivity index is 0.855. The van der Waals surface area contributed by atoms with Crippen molar-refractivity contribution in [2.45, 2.75) is 162 Å². The summed E-state index contributed by atoms with van der Waals surface area (Å²) in [7, 11) is -5.84. The molecule has 7 amide bonds. The standard InChI is InChI=1S/C61H78BrF2N8O11PS/c1-37-45(26-29-65-37)39-18-16-38(17-19-39)35-67-54(76)47-34-44(73)36-72(47)58(80)52(59(2,3)4)68-51(75)15-11-9-8-10-12-28-66-50(74)27-31-70(43-23-21-42(62)22-24-43)56(78)46-14-13-30-71(46)57(79)53(60(5,6)7)69-55(77)49-33-40-32-41(20-25-48(40)85-49)61(63,64)84(81,82)83/h16-25,29,32-33,44,46-47,52-53,73H,8-15,26-28,30-31,34-36H2,1-7H3,(H,66,74)(H,67,76)(H,68,75)(H,69,77)(H2,81,82,83)/t44-,46+,47+,52?,53?/m1/s1. The molecule has 460 valence electrons. The lowest BCUT2D eigenvalue weighted by Gasteiger charge is -2.36. The molecule has 3 aliphatic rings. The third-order valence-electron chi connectivity index (χ3n) is 15.6. The Morgan fingerprint density at radius 1 is 0.800 bits per heavy atom. The first-order valence-corrected chi connectivity index (χ1v) is 32.0. The first-order chi connectivity index (χ1) is 39.9. The molecule has 2 fully saturated rings. The van der Waals surface area contributed by atoms with Gasteiger partial charge in [0, 0.05) is 90.7 Å². The highest BCUT2D eigenvalue weighted by Gasteiger charge is 2.51. The molecule has 0 aliphatic carbocycles. The van der Waals surface area contributed by atoms with E-state index in [0.29, 0.717) is 42.6 Å². The fourth-order valence-corrected chi connectivity index (χ4v) is 12.4. The summed E-state index contributed by atoms with van der Waals surface area (Å²) in [5.74, 6) is -2.98. The van der Waals surface area contributed by atoms with E-state index in [1.165, 1.54) is 26.8 Å². The van der Waals surface area contributed by atoms with Gasteiger partial charge in [0.05, 0.1) is 11.0 Å². The summed E-state index contributed by atoms with van der Waals surface area (Å²) in [6.45, 7) is 13.6. The van der Waals surface area contributed by atoms with Crippen LogP contribution >= 0.6 is 34.9 Å². The number of hydrogen-bond acceptors (Lipinski definition) is 11. The molecule has 7 N–H and O–H groups in total. The lowest BCUT2D eigenvalue weighted by Crippen LogP contribution is -2.58. The minimum atomic E-state index is -5.84. The number of halogens is 3. The highest BCUT2D eigenvalue weighted by atomic mass is 79.9. The summed E-state index contributed by atoms with van der Waals surface area (Å²) in [4.78, 5) is 124. The Morgan fingerprint density at radius 2 is 1.45 bits per heavy atom. The van der Waals surface area contributed by atoms with Gasteiger partial charge in [0.1, 0.15) is 24.2 Å². The third kappa shape index (κ3) is 16.9. The number of rotatable bonds is 24. The number of likely N-dealkylation sites (tertiary alicyclic amines) is 2. The molecule has 24 heteroatoms. The van der Waals surface area contributed by atoms with Crippen molar-refractivity contribution in [2.24, 2.45) is 15.8 Å². The van der Waals surface area contributed by atoms with Gasteiger partial charge in [0.15, 0.2) is 0 Å². The van der Waals surface area contributed by atoms with Crippen LogP contribution in [0, 0.1) is 10.8 Å². The van der Waals surface area contributed by atoms with Crippen LogP contribution in [0.5, 0.6) is 0 Å². The number of benzene rings is 3. The van der Waals surface area contributed by atoms with Crippen LogP contribution in [-0.4, -0.2) is 129 Å². The van der Waals surface area contributed by atoms with Crippen LogP contribution in [0.4, 0.5) is 14.5 Å². The van der Waals surface area contributed by atoms with Gasteiger partial charge in [0.25, 0.3) is 5.91 Å². The van der Waals surface area contributed by atoms with E-state index in [9.17, 15) is 61.8 Å². The minimum absolute atomic E-state index is 0.00298. The van der Waals surface area contributed by atoms with Crippen molar-refractivity contribution in [3.05, 3.63) is 105 Å². The van der Waals surface area contributed by atoms with Gasteiger partial charge >= 0.3 is 13.3 Å². The number of fused-ring (bicyclic) bond motifs is 1. The first kappa shape index (κ1) is 66.3. The lowest BCUT2D eigenvalue weighted by atomic mass is 9.85. The molecule has 7 rings (SSSR count). The van der Waals surface area contributed by atoms with E-state index < -0.39 is 83.6 Å². The van der Waals surface area contributed by atoms with E-state index in [1.807, 2.05) is 58.2 Å². The minimum Gasteiger partial charge on any atom is -0.391 e. The van der Waals surface area contributed by atoms with Gasteiger partial charge < -0.3 is 50.9 Å². The summed E-state index contributed by atoms with van der Waals surface area (Å²) in [6, 6.07) is 15.3. The monoisotopic (exact) mass is 1280 g/mol. The van der Waals surface area contributed by atoms with Gasteiger partial charge in [-0.25, -0.2) is 0 Å². The van der Waals surface area contributed by atoms with Crippen LogP contribution in [0.2, 0.25) is 0 Å². The first-order valence-electron chi connectivity index (χ1n) is 28.7. The van der Waals surface area contributed by atoms with Crippen molar-refractivity contribution in [3.63, 3.8) is 0 Å². The number of carbonyl (C=O) groups is 7. The normalized spacial score (nSPS) is 18.2. The summed E-state index contributed by atoms with van der Waals surface area (Å²) in [6.07, 6.45) is 6.30. The summed E-state index contributed by atoms with van der Waals surface area (Å²) < 4.78 is 41.8. The van der Waals surface area contributed by atoms with Crippen LogP contribution in [0.15, 0.2) is 88.0 Å². The molecule has 0 radical (unpaired) electrons. The van der Waals surface area contributed by atoms with Gasteiger partial charge in [-0.05, 0) is 108 Å². The second-order valence-electron chi connectivity index (χ2n) is 24.3. The van der Waals surface area contributed by atoms with Gasteiger partial charge in [0.2, 0.25) is 35.4 Å². The maximum atomic E-state index is 14.6. The SMILES string of the molecule is CC1=C(c2ccc(CNC(=O)[C@@H]3C[C@@H](O)CN3C(=O)C(NC(=O)CCCCCCCNC(=O)CCN(C(=O)[C@@H]3CCCN3C(=O)C(NC(=O)c3cc4cc(C(F)(F)P(=O)(O)O)ccc4s3)C(C)(C)C)c3ccc(Br)cc3)C(C)(C)C)cc2)CC=N1. The third-order valence-corrected chi connectivity index (χ3v) is 18.2. The van der Waals surface area contributed by atoms with Crippen molar-refractivity contribution in [1.82, 2.24) is 31.1 Å². The number of allylic oxidation sites excluding steroid dienone is 2. The van der Waals surface area contributed by atoms with E-state index in [0.717, 1.165) is 76.0 Å². The van der Waals surface area contributed by atoms with Crippen molar-refractivity contribution >= 4 is 104 Å². The van der Waals surface area contributed by atoms with Crippen molar-refractivity contribution in [3.8, 4) is 0 Å². The van der Waals surface area contributed by atoms with Crippen molar-refractivity contribution in [2.75, 3.05) is 31.1 Å². The highest BCUT2D eigenvalue weighted by Crippen LogP contribution is 2.59. The van der Waals surface area contributed by atoms with E-state index >= 15 is 0 Å². The van der Waals surface area contributed by atoms with E-state index in [1.54, 1.807) is 45.0 Å². The molecule has 19 nitrogen and oxygen atoms in total. The van der Waals surface area contributed by atoms with Gasteiger partial charge in [-0.1, -0.05) is 107 Å². The van der Waals surface area contributed by atoms with Crippen LogP contribution in [0.25, 0.3) is 15.7 Å². The maximum absolute atomic E-state index is 14.6. The quantitative estimate of drug-likeness (QED) is 0.0257. The zero-order valence-electron chi connectivity index (χ0n) is 49.1. The lowest BCUT2D eigenvalue weighted by molar-refractivity contribution is -0.144. The molecule has 3 aliphatic heterocycles. The number of nitrogens with one attached hydrogen (secondary N) is 4. The van der Waals surface area contributed by atoms with Gasteiger partial charge in [-0.2, -0.15) is 8.78 Å². The van der Waals surface area contributed by atoms with Gasteiger partial charge in [-0.15, -0.1) is 11.3 Å². The zero-order chi connectivity index (χ0) is 62.2. The van der Waals surface area contributed by atoms with Crippen LogP contribution in [0.3, 0.4) is 0 Å². The predicted octanol–water partition coefficient (Wildman–Crippen LogP) is 8.92. The van der Waals surface area contributed by atoms with Crippen LogP contribution in [0.1, 0.15) is 145 Å². The molecule has 4 heterocycles. The Hall–Kier alpha value is -6.23. The molecule has 85 heavy (non-hydrogen) atoms. The highest BCUT2D eigenvalue weighted by molar-refractivity contribution is 9.10. The fraction of sp³-hybridized carbons (Fsp3) is 0.508. The molecule has 0 spiro atoms. The number of thiophene rings is 1. The molecule has 2 saturated heterocycles. The number of amides is 7. The van der Waals surface area contributed by atoms with Crippen molar-refractivity contribution in [1.29, 1.82) is 0 Å². The Bertz CT molecular complexity index is 3230. The number of aliphatic hydroxyl groups is 1. The largest absolute Gasteiger partial charge is 0.399 e. The number of alkyl halides is 2. The van der Waals surface area contributed by atoms with E-state index in [2.05, 4.69) is 42.2 Å². The number of aliphatic hydroxyl groups excluding tert-OH is 1. The summed E-state index contributed by atoms with van der Waals surface area (Å²) in [5, 5.41) is 22.4. The number of nitrogens with zero attached hydrogens (tertiary/aromatic N) is 4. The van der Waals surface area contributed by atoms with Crippen molar-refractivity contribution < 1.29 is 61.8 Å². The summed E-state index contributed by atoms with van der Waals surface area (Å²) >= 11 is 4.39. The molecule has 0 bridgehead atoms. The zero-order valence-corrected chi connectivity index (χ0v) is 52.4. The Kier molecular flexibility index (Phi) is 21.9. The van der Waals surface area contributed by atoms with Crippen LogP contribution in [-0.2, 0) is 45.5 Å². The molecule has 2 unspecified atom stereocenters. The molecule has 3 aromatic carbocycles.